The molecule has 5 heteroatoms. The molecule has 0 bridgehead atoms. The molecule has 2 N–H and O–H groups in total. The molecule has 0 saturated carbocycles. The fourth-order valence-electron chi connectivity index (χ4n) is 1.38. The topological polar surface area (TPSA) is 60.5 Å². The summed E-state index contributed by atoms with van der Waals surface area (Å²) in [4.78, 5) is 7.86. The van der Waals surface area contributed by atoms with E-state index in [1.165, 1.54) is 6.07 Å². The van der Waals surface area contributed by atoms with Gasteiger partial charge in [-0.15, -0.1) is 0 Å². The van der Waals surface area contributed by atoms with E-state index in [4.69, 9.17) is 10.5 Å². The third-order valence-electron chi connectivity index (χ3n) is 2.18. The second-order valence-electron chi connectivity index (χ2n) is 3.40. The minimum absolute atomic E-state index is 0.136. The highest BCUT2D eigenvalue weighted by atomic mass is 19.1. The van der Waals surface area contributed by atoms with Crippen molar-refractivity contribution >= 4 is 6.02 Å². The average Bonchev–Trinajstić information content (AvgIpc) is 2.48. The predicted molar refractivity (Wildman–Crippen MR) is 49.1 cm³/mol. The first-order chi connectivity index (χ1) is 6.60. The zero-order chi connectivity index (χ0) is 10.2. The van der Waals surface area contributed by atoms with Crippen LogP contribution in [0.25, 0.3) is 0 Å². The SMILES string of the molecule is CC1(c2cncc(F)c2)COC(N)=N1. The van der Waals surface area contributed by atoms with Crippen LogP contribution in [0.15, 0.2) is 23.5 Å². The Morgan fingerprint density at radius 3 is 2.93 bits per heavy atom. The van der Waals surface area contributed by atoms with Crippen molar-refractivity contribution in [2.24, 2.45) is 10.7 Å². The molecule has 1 aromatic rings. The summed E-state index contributed by atoms with van der Waals surface area (Å²) in [6.07, 6.45) is 2.71. The predicted octanol–water partition coefficient (Wildman–Crippen LogP) is 0.781. The maximum atomic E-state index is 12.9. The third kappa shape index (κ3) is 1.41. The van der Waals surface area contributed by atoms with E-state index >= 15 is 0 Å². The number of pyridine rings is 1. The van der Waals surface area contributed by atoms with Crippen LogP contribution >= 0.6 is 0 Å². The average molecular weight is 195 g/mol. The van der Waals surface area contributed by atoms with Crippen LogP contribution in [-0.2, 0) is 10.3 Å². The lowest BCUT2D eigenvalue weighted by Crippen LogP contribution is -2.21. The summed E-state index contributed by atoms with van der Waals surface area (Å²) in [5, 5.41) is 0. The third-order valence-corrected chi connectivity index (χ3v) is 2.18. The van der Waals surface area contributed by atoms with E-state index in [9.17, 15) is 4.39 Å². The van der Waals surface area contributed by atoms with Crippen LogP contribution in [0.4, 0.5) is 4.39 Å². The van der Waals surface area contributed by atoms with Gasteiger partial charge in [-0.25, -0.2) is 9.38 Å². The summed E-state index contributed by atoms with van der Waals surface area (Å²) < 4.78 is 17.9. The van der Waals surface area contributed by atoms with E-state index in [1.54, 1.807) is 6.20 Å². The molecule has 2 heterocycles. The zero-order valence-corrected chi connectivity index (χ0v) is 7.70. The van der Waals surface area contributed by atoms with Gasteiger partial charge < -0.3 is 10.5 Å². The highest BCUT2D eigenvalue weighted by molar-refractivity contribution is 5.74. The van der Waals surface area contributed by atoms with Crippen LogP contribution in [0.5, 0.6) is 0 Å². The van der Waals surface area contributed by atoms with Crippen molar-refractivity contribution in [1.29, 1.82) is 0 Å². The van der Waals surface area contributed by atoms with E-state index in [0.29, 0.717) is 12.2 Å². The first-order valence-electron chi connectivity index (χ1n) is 4.19. The van der Waals surface area contributed by atoms with Gasteiger partial charge in [0.1, 0.15) is 18.0 Å². The molecular formula is C9H10FN3O. The number of ether oxygens (including phenoxy) is 1. The minimum Gasteiger partial charge on any atom is -0.462 e. The van der Waals surface area contributed by atoms with Gasteiger partial charge in [0.25, 0.3) is 6.02 Å². The number of hydrogen-bond acceptors (Lipinski definition) is 4. The molecule has 2 rings (SSSR count). The number of hydrogen-bond donors (Lipinski definition) is 1. The Morgan fingerprint density at radius 2 is 2.36 bits per heavy atom. The number of halogens is 1. The molecule has 0 amide bonds. The quantitative estimate of drug-likeness (QED) is 0.720. The molecule has 1 aliphatic rings. The molecule has 1 aromatic heterocycles. The normalized spacial score (nSPS) is 25.7. The molecule has 0 aromatic carbocycles. The number of aliphatic imine (C=N–C) groups is 1. The Balaban J connectivity index is 2.40. The van der Waals surface area contributed by atoms with Gasteiger partial charge in [0.2, 0.25) is 0 Å². The number of amidine groups is 1. The van der Waals surface area contributed by atoms with Gasteiger partial charge in [0, 0.05) is 11.8 Å². The fraction of sp³-hybridized carbons (Fsp3) is 0.333. The molecule has 1 unspecified atom stereocenters. The minimum atomic E-state index is -0.612. The summed E-state index contributed by atoms with van der Waals surface area (Å²) in [6, 6.07) is 1.52. The van der Waals surface area contributed by atoms with Crippen LogP contribution < -0.4 is 5.73 Å². The van der Waals surface area contributed by atoms with Crippen LogP contribution in [0.3, 0.4) is 0 Å². The maximum Gasteiger partial charge on any atom is 0.283 e. The molecule has 74 valence electrons. The summed E-state index contributed by atoms with van der Waals surface area (Å²) in [7, 11) is 0. The highest BCUT2D eigenvalue weighted by Gasteiger charge is 2.33. The van der Waals surface area contributed by atoms with Crippen molar-refractivity contribution < 1.29 is 9.13 Å². The van der Waals surface area contributed by atoms with Crippen molar-refractivity contribution in [1.82, 2.24) is 4.98 Å². The maximum absolute atomic E-state index is 12.9. The van der Waals surface area contributed by atoms with E-state index in [0.717, 1.165) is 6.20 Å². The molecular weight excluding hydrogens is 185 g/mol. The van der Waals surface area contributed by atoms with Crippen molar-refractivity contribution in [3.05, 3.63) is 29.8 Å². The molecule has 0 saturated heterocycles. The van der Waals surface area contributed by atoms with Crippen LogP contribution in [0, 0.1) is 5.82 Å². The van der Waals surface area contributed by atoms with Gasteiger partial charge in [0.05, 0.1) is 6.20 Å². The molecule has 14 heavy (non-hydrogen) atoms. The Bertz CT molecular complexity index is 393. The number of nitrogens with zero attached hydrogens (tertiary/aromatic N) is 2. The zero-order valence-electron chi connectivity index (χ0n) is 7.70. The Labute approximate surface area is 80.6 Å². The highest BCUT2D eigenvalue weighted by Crippen LogP contribution is 2.29. The summed E-state index contributed by atoms with van der Waals surface area (Å²) >= 11 is 0. The second kappa shape index (κ2) is 2.94. The Hall–Kier alpha value is -1.65. The molecule has 1 atom stereocenters. The lowest BCUT2D eigenvalue weighted by atomic mass is 9.96. The van der Waals surface area contributed by atoms with Crippen LogP contribution in [0.2, 0.25) is 0 Å². The lowest BCUT2D eigenvalue weighted by molar-refractivity contribution is 0.266. The van der Waals surface area contributed by atoms with Crippen molar-refractivity contribution in [3.8, 4) is 0 Å². The van der Waals surface area contributed by atoms with Gasteiger partial charge >= 0.3 is 0 Å². The van der Waals surface area contributed by atoms with Crippen LogP contribution in [0.1, 0.15) is 12.5 Å². The van der Waals surface area contributed by atoms with Gasteiger partial charge in [-0.3, -0.25) is 4.98 Å². The lowest BCUT2D eigenvalue weighted by Gasteiger charge is -2.17. The number of rotatable bonds is 1. The molecule has 0 aliphatic carbocycles. The standard InChI is InChI=1S/C9H10FN3O/c1-9(5-14-8(11)13-9)6-2-7(10)4-12-3-6/h2-4H,5H2,1H3,(H2,11,13). The van der Waals surface area contributed by atoms with Crippen molar-refractivity contribution in [2.75, 3.05) is 6.61 Å². The van der Waals surface area contributed by atoms with Crippen molar-refractivity contribution in [3.63, 3.8) is 0 Å². The van der Waals surface area contributed by atoms with E-state index in [-0.39, 0.29) is 11.8 Å². The second-order valence-corrected chi connectivity index (χ2v) is 3.40. The largest absolute Gasteiger partial charge is 0.462 e. The van der Waals surface area contributed by atoms with Gasteiger partial charge in [-0.2, -0.15) is 0 Å². The van der Waals surface area contributed by atoms with E-state index < -0.39 is 5.54 Å². The molecule has 4 nitrogen and oxygen atoms in total. The molecule has 0 spiro atoms. The van der Waals surface area contributed by atoms with Crippen LogP contribution in [-0.4, -0.2) is 17.6 Å². The first-order valence-corrected chi connectivity index (χ1v) is 4.19. The van der Waals surface area contributed by atoms with Gasteiger partial charge in [-0.1, -0.05) is 0 Å². The first kappa shape index (κ1) is 8.93. The molecule has 0 radical (unpaired) electrons. The van der Waals surface area contributed by atoms with E-state index in [2.05, 4.69) is 9.98 Å². The summed E-state index contributed by atoms with van der Waals surface area (Å²) in [6.45, 7) is 2.15. The Kier molecular flexibility index (Phi) is 1.87. The Morgan fingerprint density at radius 1 is 1.57 bits per heavy atom. The molecule has 1 aliphatic heterocycles. The smallest absolute Gasteiger partial charge is 0.283 e. The summed E-state index contributed by atoms with van der Waals surface area (Å²) in [5.41, 5.74) is 5.45. The molecule has 0 fully saturated rings. The fourth-order valence-corrected chi connectivity index (χ4v) is 1.38. The van der Waals surface area contributed by atoms with Gasteiger partial charge in [0.15, 0.2) is 0 Å². The summed E-state index contributed by atoms with van der Waals surface area (Å²) in [5.74, 6) is -0.385. The number of aromatic nitrogens is 1. The monoisotopic (exact) mass is 195 g/mol. The van der Waals surface area contributed by atoms with Gasteiger partial charge in [-0.05, 0) is 13.0 Å². The number of nitrogens with two attached hydrogens (primary N) is 1. The van der Waals surface area contributed by atoms with Crippen molar-refractivity contribution in [2.45, 2.75) is 12.5 Å². The van der Waals surface area contributed by atoms with E-state index in [1.807, 2.05) is 6.92 Å².